The Kier molecular flexibility index (Phi) is 5.83. The molecule has 0 atom stereocenters. The van der Waals surface area contributed by atoms with Crippen molar-refractivity contribution in [3.8, 4) is 0 Å². The highest BCUT2D eigenvalue weighted by atomic mass is 32.1. The summed E-state index contributed by atoms with van der Waals surface area (Å²) in [6.07, 6.45) is 2.92. The average Bonchev–Trinajstić information content (AvgIpc) is 2.66. The summed E-state index contributed by atoms with van der Waals surface area (Å²) in [7, 11) is 0. The van der Waals surface area contributed by atoms with Gasteiger partial charge in [-0.2, -0.15) is 17.6 Å². The van der Waals surface area contributed by atoms with Crippen molar-refractivity contribution in [2.24, 2.45) is 0 Å². The average molecular weight is 385 g/mol. The number of thiol groups is 1. The largest absolute Gasteiger partial charge is 0.381 e. The first-order valence-corrected chi connectivity index (χ1v) is 10.5. The molecule has 27 heavy (non-hydrogen) atoms. The Balaban J connectivity index is 1.52. The Morgan fingerprint density at radius 1 is 1.15 bits per heavy atom. The summed E-state index contributed by atoms with van der Waals surface area (Å²) in [6, 6.07) is 11.1. The van der Waals surface area contributed by atoms with Crippen molar-refractivity contribution in [1.29, 1.82) is 0 Å². The zero-order chi connectivity index (χ0) is 18.6. The summed E-state index contributed by atoms with van der Waals surface area (Å²) in [5, 5.41) is 3.65. The highest BCUT2D eigenvalue weighted by molar-refractivity contribution is 7.80. The maximum Gasteiger partial charge on any atom is 0.227 e. The van der Waals surface area contributed by atoms with Gasteiger partial charge in [-0.25, -0.2) is 4.98 Å². The number of aromatic nitrogens is 2. The van der Waals surface area contributed by atoms with Crippen molar-refractivity contribution >= 4 is 24.4 Å². The molecule has 0 amide bonds. The van der Waals surface area contributed by atoms with Crippen LogP contribution in [-0.4, -0.2) is 48.1 Å². The van der Waals surface area contributed by atoms with E-state index in [1.807, 2.05) is 0 Å². The molecule has 2 aliphatic rings. The van der Waals surface area contributed by atoms with Gasteiger partial charge >= 0.3 is 0 Å². The van der Waals surface area contributed by atoms with E-state index in [1.165, 1.54) is 5.56 Å². The lowest BCUT2D eigenvalue weighted by atomic mass is 9.92. The van der Waals surface area contributed by atoms with Gasteiger partial charge in [-0.05, 0) is 37.5 Å². The summed E-state index contributed by atoms with van der Waals surface area (Å²) in [5.41, 5.74) is 3.66. The first-order chi connectivity index (χ1) is 13.2. The van der Waals surface area contributed by atoms with Crippen LogP contribution >= 0.6 is 12.6 Å². The van der Waals surface area contributed by atoms with Crippen LogP contribution in [0.5, 0.6) is 0 Å². The van der Waals surface area contributed by atoms with Gasteiger partial charge in [-0.15, -0.1) is 0 Å². The van der Waals surface area contributed by atoms with E-state index >= 15 is 0 Å². The fraction of sp³-hybridized carbons (Fsp3) is 0.524. The molecule has 144 valence electrons. The van der Waals surface area contributed by atoms with Crippen LogP contribution in [0.1, 0.15) is 35.6 Å². The van der Waals surface area contributed by atoms with Gasteiger partial charge in [0, 0.05) is 43.8 Å². The SMILES string of the molecule is Cc1c(CCS)nc(N2CC(c3ccccc3)C2)nc1NC1CCOCC1. The Hall–Kier alpha value is -1.79. The normalized spacial score (nSPS) is 18.4. The van der Waals surface area contributed by atoms with Crippen LogP contribution < -0.4 is 10.2 Å². The molecule has 5 nitrogen and oxygen atoms in total. The van der Waals surface area contributed by atoms with Gasteiger partial charge in [-0.3, -0.25) is 0 Å². The lowest BCUT2D eigenvalue weighted by Gasteiger charge is -2.40. The molecular formula is C21H28N4OS. The Labute approximate surface area is 167 Å². The number of hydrogen-bond donors (Lipinski definition) is 2. The second kappa shape index (κ2) is 8.48. The quantitative estimate of drug-likeness (QED) is 0.747. The number of hydrogen-bond acceptors (Lipinski definition) is 6. The highest BCUT2D eigenvalue weighted by Gasteiger charge is 2.31. The monoisotopic (exact) mass is 384 g/mol. The third-order valence-corrected chi connectivity index (χ3v) is 5.80. The lowest BCUT2D eigenvalue weighted by molar-refractivity contribution is 0.0903. The Morgan fingerprint density at radius 3 is 2.59 bits per heavy atom. The van der Waals surface area contributed by atoms with Crippen LogP contribution in [0.25, 0.3) is 0 Å². The third-order valence-electron chi connectivity index (χ3n) is 5.58. The second-order valence-corrected chi connectivity index (χ2v) is 7.91. The summed E-state index contributed by atoms with van der Waals surface area (Å²) < 4.78 is 5.48. The minimum absolute atomic E-state index is 0.428. The van der Waals surface area contributed by atoms with Gasteiger partial charge in [0.1, 0.15) is 5.82 Å². The highest BCUT2D eigenvalue weighted by Crippen LogP contribution is 2.31. The molecule has 2 fully saturated rings. The topological polar surface area (TPSA) is 50.3 Å². The fourth-order valence-electron chi connectivity index (χ4n) is 3.79. The number of anilines is 2. The van der Waals surface area contributed by atoms with Gasteiger partial charge in [0.15, 0.2) is 0 Å². The molecular weight excluding hydrogens is 356 g/mol. The van der Waals surface area contributed by atoms with Gasteiger partial charge in [0.25, 0.3) is 0 Å². The third kappa shape index (κ3) is 4.22. The Bertz CT molecular complexity index is 758. The van der Waals surface area contributed by atoms with Gasteiger partial charge in [0.2, 0.25) is 5.95 Å². The van der Waals surface area contributed by atoms with Gasteiger partial charge in [-0.1, -0.05) is 30.3 Å². The number of rotatable bonds is 6. The van der Waals surface area contributed by atoms with E-state index in [9.17, 15) is 0 Å². The zero-order valence-electron chi connectivity index (χ0n) is 15.9. The number of benzene rings is 1. The van der Waals surface area contributed by atoms with Crippen LogP contribution in [0.2, 0.25) is 0 Å². The first kappa shape index (κ1) is 18.6. The van der Waals surface area contributed by atoms with Crippen LogP contribution in [0, 0.1) is 6.92 Å². The molecule has 1 aromatic heterocycles. The molecule has 2 aliphatic heterocycles. The van der Waals surface area contributed by atoms with E-state index < -0.39 is 0 Å². The molecule has 0 radical (unpaired) electrons. The summed E-state index contributed by atoms with van der Waals surface area (Å²) in [4.78, 5) is 12.1. The second-order valence-electron chi connectivity index (χ2n) is 7.46. The van der Waals surface area contributed by atoms with E-state index in [0.717, 1.165) is 74.3 Å². The van der Waals surface area contributed by atoms with E-state index in [-0.39, 0.29) is 0 Å². The summed E-state index contributed by atoms with van der Waals surface area (Å²) >= 11 is 4.42. The minimum atomic E-state index is 0.428. The zero-order valence-corrected chi connectivity index (χ0v) is 16.8. The van der Waals surface area contributed by atoms with Crippen molar-refractivity contribution in [2.75, 3.05) is 42.3 Å². The fourth-order valence-corrected chi connectivity index (χ4v) is 4.01. The molecule has 0 bridgehead atoms. The van der Waals surface area contributed by atoms with Crippen molar-refractivity contribution in [2.45, 2.75) is 38.1 Å². The number of ether oxygens (including phenoxy) is 1. The van der Waals surface area contributed by atoms with E-state index in [2.05, 4.69) is 60.1 Å². The maximum absolute atomic E-state index is 5.48. The molecule has 0 unspecified atom stereocenters. The molecule has 1 N–H and O–H groups in total. The predicted octanol–water partition coefficient (Wildman–Crippen LogP) is 3.45. The van der Waals surface area contributed by atoms with Crippen molar-refractivity contribution in [1.82, 2.24) is 9.97 Å². The molecule has 2 saturated heterocycles. The molecule has 4 rings (SSSR count). The number of nitrogens with one attached hydrogen (secondary N) is 1. The van der Waals surface area contributed by atoms with Gasteiger partial charge in [0.05, 0.1) is 5.69 Å². The molecule has 0 saturated carbocycles. The molecule has 0 spiro atoms. The first-order valence-electron chi connectivity index (χ1n) is 9.87. The van der Waals surface area contributed by atoms with Crippen molar-refractivity contribution < 1.29 is 4.74 Å². The molecule has 3 heterocycles. The standard InChI is InChI=1S/C21H28N4OS/c1-15-19(9-12-27)23-21(24-20(15)22-18-7-10-26-11-8-18)25-13-17(14-25)16-5-3-2-4-6-16/h2-6,17-18,27H,7-14H2,1H3,(H,22,23,24). The number of aryl methyl sites for hydroxylation is 1. The van der Waals surface area contributed by atoms with E-state index in [1.54, 1.807) is 0 Å². The van der Waals surface area contributed by atoms with Crippen LogP contribution in [0.4, 0.5) is 11.8 Å². The van der Waals surface area contributed by atoms with E-state index in [4.69, 9.17) is 14.7 Å². The summed E-state index contributed by atoms with van der Waals surface area (Å²) in [5.74, 6) is 3.18. The smallest absolute Gasteiger partial charge is 0.227 e. The molecule has 0 aliphatic carbocycles. The van der Waals surface area contributed by atoms with Crippen molar-refractivity contribution in [3.63, 3.8) is 0 Å². The van der Waals surface area contributed by atoms with Gasteiger partial charge < -0.3 is 15.0 Å². The maximum atomic E-state index is 5.48. The van der Waals surface area contributed by atoms with E-state index in [0.29, 0.717) is 12.0 Å². The summed E-state index contributed by atoms with van der Waals surface area (Å²) in [6.45, 7) is 5.72. The lowest BCUT2D eigenvalue weighted by Crippen LogP contribution is -2.46. The number of nitrogens with zero attached hydrogens (tertiary/aromatic N) is 3. The molecule has 6 heteroatoms. The molecule has 2 aromatic rings. The molecule has 1 aromatic carbocycles. The van der Waals surface area contributed by atoms with Crippen molar-refractivity contribution in [3.05, 3.63) is 47.2 Å². The predicted molar refractivity (Wildman–Crippen MR) is 113 cm³/mol. The minimum Gasteiger partial charge on any atom is -0.381 e. The van der Waals surface area contributed by atoms with Crippen LogP contribution in [-0.2, 0) is 11.2 Å². The van der Waals surface area contributed by atoms with Crippen LogP contribution in [0.3, 0.4) is 0 Å². The Morgan fingerprint density at radius 2 is 1.89 bits per heavy atom. The van der Waals surface area contributed by atoms with Crippen LogP contribution in [0.15, 0.2) is 30.3 Å².